The lowest BCUT2D eigenvalue weighted by atomic mass is 10.1. The molecule has 3 aromatic rings. The summed E-state index contributed by atoms with van der Waals surface area (Å²) in [5.41, 5.74) is 3.07. The minimum Gasteiger partial charge on any atom is -0.371 e. The van der Waals surface area contributed by atoms with E-state index >= 15 is 0 Å². The van der Waals surface area contributed by atoms with Crippen molar-refractivity contribution < 1.29 is 9.53 Å². The molecule has 0 saturated carbocycles. The van der Waals surface area contributed by atoms with Gasteiger partial charge in [-0.05, 0) is 30.7 Å². The van der Waals surface area contributed by atoms with Gasteiger partial charge in [-0.15, -0.1) is 0 Å². The molecule has 1 aliphatic heterocycles. The van der Waals surface area contributed by atoms with E-state index in [0.29, 0.717) is 23.8 Å². The molecule has 8 heteroatoms. The van der Waals surface area contributed by atoms with Crippen molar-refractivity contribution in [2.75, 3.05) is 25.0 Å². The number of amides is 1. The van der Waals surface area contributed by atoms with E-state index in [-0.39, 0.29) is 12.0 Å². The van der Waals surface area contributed by atoms with E-state index in [1.165, 1.54) is 10.9 Å². The molecule has 1 aromatic carbocycles. The maximum Gasteiger partial charge on any atom is 0.258 e. The van der Waals surface area contributed by atoms with Crippen molar-refractivity contribution in [3.8, 4) is 5.95 Å². The van der Waals surface area contributed by atoms with Crippen molar-refractivity contribution in [2.24, 2.45) is 0 Å². The second kappa shape index (κ2) is 7.65. The number of carbonyl (C=O) groups is 1. The first-order valence-corrected chi connectivity index (χ1v) is 8.77. The maximum atomic E-state index is 12.5. The zero-order valence-electron chi connectivity index (χ0n) is 14.9. The number of morpholine rings is 1. The van der Waals surface area contributed by atoms with E-state index < -0.39 is 0 Å². The van der Waals surface area contributed by atoms with E-state index in [1.807, 2.05) is 31.2 Å². The zero-order valence-corrected chi connectivity index (χ0v) is 14.9. The quantitative estimate of drug-likeness (QED) is 0.734. The van der Waals surface area contributed by atoms with Gasteiger partial charge < -0.3 is 15.4 Å². The summed E-state index contributed by atoms with van der Waals surface area (Å²) in [5.74, 6) is 0.191. The number of hydrogen-bond acceptors (Lipinski definition) is 6. The first-order valence-electron chi connectivity index (χ1n) is 8.77. The maximum absolute atomic E-state index is 12.5. The van der Waals surface area contributed by atoms with Gasteiger partial charge in [0, 0.05) is 36.9 Å². The predicted octanol–water partition coefficient (Wildman–Crippen LogP) is 1.88. The van der Waals surface area contributed by atoms with Crippen molar-refractivity contribution in [3.63, 3.8) is 0 Å². The third-order valence-electron chi connectivity index (χ3n) is 4.30. The number of anilines is 1. The van der Waals surface area contributed by atoms with Crippen LogP contribution in [0.2, 0.25) is 0 Å². The number of ether oxygens (including phenoxy) is 1. The SMILES string of the molecule is Cc1ccnc(-n2cc(C(=O)Nc3ccc(C4CNCCO4)cc3)cn2)n1. The highest BCUT2D eigenvalue weighted by molar-refractivity contribution is 6.03. The molecule has 0 spiro atoms. The van der Waals surface area contributed by atoms with Crippen molar-refractivity contribution in [1.29, 1.82) is 0 Å². The Bertz CT molecular complexity index is 931. The summed E-state index contributed by atoms with van der Waals surface area (Å²) in [6.45, 7) is 4.26. The third-order valence-corrected chi connectivity index (χ3v) is 4.30. The molecule has 8 nitrogen and oxygen atoms in total. The molecule has 4 rings (SSSR count). The molecule has 1 amide bonds. The smallest absolute Gasteiger partial charge is 0.258 e. The fourth-order valence-electron chi connectivity index (χ4n) is 2.86. The Labute approximate surface area is 156 Å². The van der Waals surface area contributed by atoms with Crippen LogP contribution in [0, 0.1) is 6.92 Å². The highest BCUT2D eigenvalue weighted by Crippen LogP contribution is 2.21. The Kier molecular flexibility index (Phi) is 4.91. The zero-order chi connectivity index (χ0) is 18.6. The van der Waals surface area contributed by atoms with E-state index in [4.69, 9.17) is 4.74 Å². The van der Waals surface area contributed by atoms with Gasteiger partial charge in [0.05, 0.1) is 24.5 Å². The van der Waals surface area contributed by atoms with Crippen LogP contribution in [0.1, 0.15) is 27.7 Å². The fraction of sp³-hybridized carbons (Fsp3) is 0.263. The Morgan fingerprint density at radius 1 is 1.30 bits per heavy atom. The molecule has 1 atom stereocenters. The summed E-state index contributed by atoms with van der Waals surface area (Å²) in [7, 11) is 0. The van der Waals surface area contributed by atoms with E-state index in [2.05, 4.69) is 25.7 Å². The number of rotatable bonds is 4. The molecule has 1 saturated heterocycles. The van der Waals surface area contributed by atoms with Crippen LogP contribution in [0.5, 0.6) is 0 Å². The van der Waals surface area contributed by atoms with Crippen LogP contribution in [-0.4, -0.2) is 45.4 Å². The molecule has 27 heavy (non-hydrogen) atoms. The molecule has 0 aliphatic carbocycles. The van der Waals surface area contributed by atoms with Gasteiger partial charge in [-0.25, -0.2) is 14.6 Å². The molecular formula is C19H20N6O2. The van der Waals surface area contributed by atoms with E-state index in [9.17, 15) is 4.79 Å². The Balaban J connectivity index is 1.43. The number of nitrogens with zero attached hydrogens (tertiary/aromatic N) is 4. The molecular weight excluding hydrogens is 344 g/mol. The minimum absolute atomic E-state index is 0.0519. The topological polar surface area (TPSA) is 94.0 Å². The van der Waals surface area contributed by atoms with Crippen LogP contribution < -0.4 is 10.6 Å². The number of benzene rings is 1. The summed E-state index contributed by atoms with van der Waals surface area (Å²) in [4.78, 5) is 20.9. The van der Waals surface area contributed by atoms with Crippen molar-refractivity contribution >= 4 is 11.6 Å². The number of nitrogens with one attached hydrogen (secondary N) is 2. The van der Waals surface area contributed by atoms with Gasteiger partial charge in [-0.2, -0.15) is 5.10 Å². The first-order chi connectivity index (χ1) is 13.2. The number of hydrogen-bond donors (Lipinski definition) is 2. The van der Waals surface area contributed by atoms with Gasteiger partial charge in [-0.1, -0.05) is 12.1 Å². The average molecular weight is 364 g/mol. The second-order valence-corrected chi connectivity index (χ2v) is 6.31. The fourth-order valence-corrected chi connectivity index (χ4v) is 2.86. The van der Waals surface area contributed by atoms with E-state index in [1.54, 1.807) is 18.5 Å². The lowest BCUT2D eigenvalue weighted by Crippen LogP contribution is -2.33. The van der Waals surface area contributed by atoms with Crippen LogP contribution in [0.25, 0.3) is 5.95 Å². The van der Waals surface area contributed by atoms with Crippen LogP contribution in [0.4, 0.5) is 5.69 Å². The van der Waals surface area contributed by atoms with Crippen molar-refractivity contribution in [1.82, 2.24) is 25.1 Å². The Morgan fingerprint density at radius 2 is 2.15 bits per heavy atom. The Morgan fingerprint density at radius 3 is 2.89 bits per heavy atom. The van der Waals surface area contributed by atoms with Crippen molar-refractivity contribution in [3.05, 3.63) is 65.7 Å². The summed E-state index contributed by atoms with van der Waals surface area (Å²) >= 11 is 0. The second-order valence-electron chi connectivity index (χ2n) is 6.31. The highest BCUT2D eigenvalue weighted by Gasteiger charge is 2.16. The van der Waals surface area contributed by atoms with Crippen molar-refractivity contribution in [2.45, 2.75) is 13.0 Å². The highest BCUT2D eigenvalue weighted by atomic mass is 16.5. The minimum atomic E-state index is -0.239. The largest absolute Gasteiger partial charge is 0.371 e. The molecule has 2 N–H and O–H groups in total. The lowest BCUT2D eigenvalue weighted by Gasteiger charge is -2.24. The molecule has 138 valence electrons. The standard InChI is InChI=1S/C19H20N6O2/c1-13-6-7-21-19(23-13)25-12-15(10-22-25)18(26)24-16-4-2-14(3-5-16)17-11-20-8-9-27-17/h2-7,10,12,17,20H,8-9,11H2,1H3,(H,24,26). The number of aryl methyl sites for hydroxylation is 1. The Hall–Kier alpha value is -3.10. The predicted molar refractivity (Wildman–Crippen MR) is 99.8 cm³/mol. The number of aromatic nitrogens is 4. The lowest BCUT2D eigenvalue weighted by molar-refractivity contribution is 0.0277. The van der Waals surface area contributed by atoms with Gasteiger partial charge in [0.25, 0.3) is 11.9 Å². The van der Waals surface area contributed by atoms with Gasteiger partial charge in [0.1, 0.15) is 0 Å². The van der Waals surface area contributed by atoms with Gasteiger partial charge in [-0.3, -0.25) is 4.79 Å². The van der Waals surface area contributed by atoms with Gasteiger partial charge in [0.2, 0.25) is 0 Å². The summed E-state index contributed by atoms with van der Waals surface area (Å²) in [6.07, 6.45) is 4.82. The monoisotopic (exact) mass is 364 g/mol. The normalized spacial score (nSPS) is 16.9. The van der Waals surface area contributed by atoms with Crippen LogP contribution in [0.3, 0.4) is 0 Å². The molecule has 1 fully saturated rings. The van der Waals surface area contributed by atoms with Crippen LogP contribution in [0.15, 0.2) is 48.9 Å². The number of carbonyl (C=O) groups excluding carboxylic acids is 1. The average Bonchev–Trinajstić information content (AvgIpc) is 3.20. The summed E-state index contributed by atoms with van der Waals surface area (Å²) in [6, 6.07) is 9.49. The van der Waals surface area contributed by atoms with Crippen LogP contribution >= 0.6 is 0 Å². The van der Waals surface area contributed by atoms with Crippen LogP contribution in [-0.2, 0) is 4.74 Å². The molecule has 1 aliphatic rings. The molecule has 2 aromatic heterocycles. The van der Waals surface area contributed by atoms with Gasteiger partial charge in [0.15, 0.2) is 0 Å². The molecule has 0 radical (unpaired) electrons. The molecule has 3 heterocycles. The summed E-state index contributed by atoms with van der Waals surface area (Å²) < 4.78 is 7.22. The third kappa shape index (κ3) is 4.02. The summed E-state index contributed by atoms with van der Waals surface area (Å²) in [5, 5.41) is 10.4. The first kappa shape index (κ1) is 17.3. The van der Waals surface area contributed by atoms with E-state index in [0.717, 1.165) is 24.3 Å². The van der Waals surface area contributed by atoms with Gasteiger partial charge >= 0.3 is 0 Å². The molecule has 0 bridgehead atoms. The molecule has 1 unspecified atom stereocenters.